The third-order valence-corrected chi connectivity index (χ3v) is 6.33. The van der Waals surface area contributed by atoms with E-state index in [0.29, 0.717) is 32.3 Å². The van der Waals surface area contributed by atoms with Crippen molar-refractivity contribution < 1.29 is 14.0 Å². The minimum atomic E-state index is -0.589. The molecule has 7 nitrogen and oxygen atoms in total. The lowest BCUT2D eigenvalue weighted by atomic mass is 10.2. The number of hydrazine groups is 1. The molecule has 34 heavy (non-hydrogen) atoms. The Kier molecular flexibility index (Phi) is 6.95. The van der Waals surface area contributed by atoms with Gasteiger partial charge in [-0.2, -0.15) is 0 Å². The number of aromatic nitrogens is 2. The van der Waals surface area contributed by atoms with E-state index in [9.17, 15) is 18.8 Å². The van der Waals surface area contributed by atoms with E-state index in [1.165, 1.54) is 16.7 Å². The Bertz CT molecular complexity index is 1460. The topological polar surface area (TPSA) is 93.1 Å². The quantitative estimate of drug-likeness (QED) is 0.247. The highest BCUT2D eigenvalue weighted by atomic mass is 35.5. The van der Waals surface area contributed by atoms with Crippen molar-refractivity contribution in [3.63, 3.8) is 0 Å². The van der Waals surface area contributed by atoms with Crippen LogP contribution in [0.1, 0.15) is 15.9 Å². The van der Waals surface area contributed by atoms with Gasteiger partial charge in [-0.25, -0.2) is 9.37 Å². The summed E-state index contributed by atoms with van der Waals surface area (Å²) in [6.07, 6.45) is 0. The van der Waals surface area contributed by atoms with Gasteiger partial charge in [0.25, 0.3) is 11.5 Å². The first-order valence-electron chi connectivity index (χ1n) is 10.1. The van der Waals surface area contributed by atoms with Crippen LogP contribution in [-0.2, 0) is 4.79 Å². The maximum atomic E-state index is 13.3. The number of halogens is 2. The first-order chi connectivity index (χ1) is 16.3. The summed E-state index contributed by atoms with van der Waals surface area (Å²) in [6.45, 7) is 1.80. The lowest BCUT2D eigenvalue weighted by Crippen LogP contribution is -2.42. The van der Waals surface area contributed by atoms with Crippen LogP contribution in [0.5, 0.6) is 0 Å². The molecule has 0 unspecified atom stereocenters. The molecule has 0 bridgehead atoms. The predicted molar refractivity (Wildman–Crippen MR) is 130 cm³/mol. The number of thioether (sulfide) groups is 1. The molecule has 0 radical (unpaired) electrons. The van der Waals surface area contributed by atoms with Crippen LogP contribution in [0.25, 0.3) is 16.6 Å². The zero-order chi connectivity index (χ0) is 24.2. The smallest absolute Gasteiger partial charge is 0.269 e. The number of carbonyl (C=O) groups excluding carboxylic acids is 2. The third kappa shape index (κ3) is 4.95. The molecule has 4 rings (SSSR count). The average molecular weight is 497 g/mol. The van der Waals surface area contributed by atoms with E-state index in [-0.39, 0.29) is 16.9 Å². The molecule has 1 heterocycles. The molecule has 172 valence electrons. The molecule has 10 heteroatoms. The molecule has 0 saturated carbocycles. The van der Waals surface area contributed by atoms with Gasteiger partial charge in [-0.05, 0) is 61.0 Å². The standard InChI is InChI=1S/C24H18ClFN4O3S/c1-14-18(25)6-4-8-20(14)30-23(33)17-5-2-3-7-19(17)27-24(30)34-13-21(31)28-29-22(32)15-9-11-16(26)12-10-15/h2-12H,13H2,1H3,(H,28,31)(H,29,32). The molecule has 0 fully saturated rings. The second-order valence-electron chi connectivity index (χ2n) is 7.23. The van der Waals surface area contributed by atoms with Crippen LogP contribution in [0, 0.1) is 12.7 Å². The summed E-state index contributed by atoms with van der Waals surface area (Å²) in [5, 5.41) is 1.23. The lowest BCUT2D eigenvalue weighted by Gasteiger charge is -2.16. The fourth-order valence-corrected chi connectivity index (χ4v) is 4.20. The average Bonchev–Trinajstić information content (AvgIpc) is 2.84. The summed E-state index contributed by atoms with van der Waals surface area (Å²) in [5.74, 6) is -1.71. The number of amides is 2. The van der Waals surface area contributed by atoms with Crippen molar-refractivity contribution in [2.45, 2.75) is 12.1 Å². The molecule has 1 aromatic heterocycles. The van der Waals surface area contributed by atoms with Crippen molar-refractivity contribution in [1.82, 2.24) is 20.4 Å². The normalized spacial score (nSPS) is 10.8. The highest BCUT2D eigenvalue weighted by molar-refractivity contribution is 7.99. The minimum absolute atomic E-state index is 0.131. The van der Waals surface area contributed by atoms with Gasteiger partial charge >= 0.3 is 0 Å². The summed E-state index contributed by atoms with van der Waals surface area (Å²) < 4.78 is 14.4. The third-order valence-electron chi connectivity index (χ3n) is 4.98. The summed E-state index contributed by atoms with van der Waals surface area (Å²) in [5.41, 5.74) is 6.24. The molecule has 3 aromatic carbocycles. The number of nitrogens with one attached hydrogen (secondary N) is 2. The summed E-state index contributed by atoms with van der Waals surface area (Å²) in [6, 6.07) is 17.1. The Balaban J connectivity index is 1.57. The summed E-state index contributed by atoms with van der Waals surface area (Å²) in [4.78, 5) is 42.4. The van der Waals surface area contributed by atoms with Crippen molar-refractivity contribution >= 4 is 46.1 Å². The molecule has 2 N–H and O–H groups in total. The van der Waals surface area contributed by atoms with Gasteiger partial charge in [0.2, 0.25) is 5.91 Å². The zero-order valence-corrected chi connectivity index (χ0v) is 19.4. The van der Waals surface area contributed by atoms with Gasteiger partial charge in [-0.1, -0.05) is 41.6 Å². The first-order valence-corrected chi connectivity index (χ1v) is 11.5. The molecule has 0 spiro atoms. The number of hydrogen-bond donors (Lipinski definition) is 2. The van der Waals surface area contributed by atoms with Crippen molar-refractivity contribution in [1.29, 1.82) is 0 Å². The van der Waals surface area contributed by atoms with Crippen LogP contribution in [0.2, 0.25) is 5.02 Å². The number of carbonyl (C=O) groups is 2. The second-order valence-corrected chi connectivity index (χ2v) is 8.58. The SMILES string of the molecule is Cc1c(Cl)cccc1-n1c(SCC(=O)NNC(=O)c2ccc(F)cc2)nc2ccccc2c1=O. The Morgan fingerprint density at radius 1 is 1.03 bits per heavy atom. The Hall–Kier alpha value is -3.69. The van der Waals surface area contributed by atoms with Crippen LogP contribution in [0.4, 0.5) is 4.39 Å². The fourth-order valence-electron chi connectivity index (χ4n) is 3.23. The molecule has 0 saturated heterocycles. The summed E-state index contributed by atoms with van der Waals surface area (Å²) in [7, 11) is 0. The molecular weight excluding hydrogens is 479 g/mol. The molecular formula is C24H18ClFN4O3S. The minimum Gasteiger partial charge on any atom is -0.272 e. The number of hydrogen-bond acceptors (Lipinski definition) is 5. The van der Waals surface area contributed by atoms with Gasteiger partial charge in [0.1, 0.15) is 5.82 Å². The van der Waals surface area contributed by atoms with Gasteiger partial charge < -0.3 is 0 Å². The van der Waals surface area contributed by atoms with E-state index >= 15 is 0 Å². The highest BCUT2D eigenvalue weighted by Gasteiger charge is 2.17. The number of para-hydroxylation sites is 1. The van der Waals surface area contributed by atoms with Gasteiger partial charge in [0, 0.05) is 10.6 Å². The predicted octanol–water partition coefficient (Wildman–Crippen LogP) is 4.04. The van der Waals surface area contributed by atoms with E-state index in [1.54, 1.807) is 49.4 Å². The van der Waals surface area contributed by atoms with Crippen LogP contribution < -0.4 is 16.4 Å². The van der Waals surface area contributed by atoms with Crippen molar-refractivity contribution in [2.75, 3.05) is 5.75 Å². The van der Waals surface area contributed by atoms with E-state index in [0.717, 1.165) is 23.9 Å². The molecule has 0 atom stereocenters. The monoisotopic (exact) mass is 496 g/mol. The lowest BCUT2D eigenvalue weighted by molar-refractivity contribution is -0.119. The van der Waals surface area contributed by atoms with E-state index < -0.39 is 17.6 Å². The largest absolute Gasteiger partial charge is 0.272 e. The van der Waals surface area contributed by atoms with Crippen molar-refractivity contribution in [3.8, 4) is 5.69 Å². The second kappa shape index (κ2) is 10.1. The van der Waals surface area contributed by atoms with Gasteiger partial charge in [-0.3, -0.25) is 29.8 Å². The van der Waals surface area contributed by atoms with Gasteiger partial charge in [0.05, 0.1) is 22.3 Å². The maximum absolute atomic E-state index is 13.3. The highest BCUT2D eigenvalue weighted by Crippen LogP contribution is 2.26. The van der Waals surface area contributed by atoms with Crippen LogP contribution in [0.3, 0.4) is 0 Å². The Morgan fingerprint density at radius 2 is 1.76 bits per heavy atom. The molecule has 2 amide bonds. The maximum Gasteiger partial charge on any atom is 0.269 e. The summed E-state index contributed by atoms with van der Waals surface area (Å²) >= 11 is 7.32. The van der Waals surface area contributed by atoms with Crippen molar-refractivity contribution in [2.24, 2.45) is 0 Å². The first kappa shape index (κ1) is 23.5. The molecule has 0 aliphatic rings. The van der Waals surface area contributed by atoms with E-state index in [2.05, 4.69) is 15.8 Å². The van der Waals surface area contributed by atoms with Crippen LogP contribution in [-0.4, -0.2) is 27.1 Å². The number of fused-ring (bicyclic) bond motifs is 1. The molecule has 0 aliphatic carbocycles. The zero-order valence-electron chi connectivity index (χ0n) is 17.8. The fraction of sp³-hybridized carbons (Fsp3) is 0.0833. The van der Waals surface area contributed by atoms with E-state index in [1.807, 2.05) is 0 Å². The number of nitrogens with zero attached hydrogens (tertiary/aromatic N) is 2. The number of rotatable bonds is 5. The van der Waals surface area contributed by atoms with Crippen molar-refractivity contribution in [3.05, 3.63) is 99.1 Å². The molecule has 0 aliphatic heterocycles. The van der Waals surface area contributed by atoms with Gasteiger partial charge in [-0.15, -0.1) is 0 Å². The Morgan fingerprint density at radius 3 is 2.53 bits per heavy atom. The van der Waals surface area contributed by atoms with Gasteiger partial charge in [0.15, 0.2) is 5.16 Å². The number of benzene rings is 3. The van der Waals surface area contributed by atoms with Crippen LogP contribution >= 0.6 is 23.4 Å². The molecule has 4 aromatic rings. The van der Waals surface area contributed by atoms with Crippen LogP contribution in [0.15, 0.2) is 76.7 Å². The Labute approximate surface area is 202 Å². The van der Waals surface area contributed by atoms with E-state index in [4.69, 9.17) is 11.6 Å².